The van der Waals surface area contributed by atoms with Crippen molar-refractivity contribution in [3.8, 4) is 11.5 Å². The Labute approximate surface area is 164 Å². The molecule has 7 rings (SSSR count). The fraction of sp³-hybridized carbons (Fsp3) is 0.636. The number of imide groups is 1. The van der Waals surface area contributed by atoms with Crippen LogP contribution in [0, 0.1) is 17.8 Å². The van der Waals surface area contributed by atoms with E-state index < -0.39 is 0 Å². The van der Waals surface area contributed by atoms with Crippen LogP contribution in [-0.2, 0) is 16.1 Å². The summed E-state index contributed by atoms with van der Waals surface area (Å²) in [7, 11) is 0. The summed E-state index contributed by atoms with van der Waals surface area (Å²) >= 11 is 0. The third-order valence-electron chi connectivity index (χ3n) is 7.54. The Hall–Kier alpha value is -2.08. The minimum atomic E-state index is -0.363. The molecule has 1 atom stereocenters. The molecule has 2 amide bonds. The molecule has 4 aliphatic carbocycles. The monoisotopic (exact) mass is 382 g/mol. The third-order valence-corrected chi connectivity index (χ3v) is 7.54. The number of fused-ring (bicyclic) bond motifs is 1. The van der Waals surface area contributed by atoms with Crippen molar-refractivity contribution in [1.82, 2.24) is 10.2 Å². The standard InChI is InChI=1S/C22H26N2O4/c25-20-7-17(23-22-8-14-3-15(9-22)5-16(4-14)10-22)21(26)24(20)11-13-1-2-18-19(6-13)28-12-27-18/h1-2,6,14-17,23H,3-5,7-12H2/t14?,15?,16?,17-,22?/m1/s1. The molecular formula is C22H26N2O4. The van der Waals surface area contributed by atoms with Gasteiger partial charge >= 0.3 is 0 Å². The number of benzene rings is 1. The van der Waals surface area contributed by atoms with Crippen molar-refractivity contribution >= 4 is 11.8 Å². The van der Waals surface area contributed by atoms with Gasteiger partial charge in [-0.05, 0) is 74.0 Å². The van der Waals surface area contributed by atoms with Crippen LogP contribution in [0.25, 0.3) is 0 Å². The average molecular weight is 382 g/mol. The number of nitrogens with zero attached hydrogens (tertiary/aromatic N) is 1. The number of amides is 2. The van der Waals surface area contributed by atoms with E-state index in [-0.39, 0.29) is 36.6 Å². The molecule has 0 unspecified atom stereocenters. The number of nitrogens with one attached hydrogen (secondary N) is 1. The number of hydrogen-bond acceptors (Lipinski definition) is 5. The molecule has 0 aromatic heterocycles. The Balaban J connectivity index is 1.17. The minimum Gasteiger partial charge on any atom is -0.454 e. The number of carbonyl (C=O) groups excluding carboxylic acids is 2. The molecule has 2 aliphatic heterocycles. The smallest absolute Gasteiger partial charge is 0.247 e. The molecule has 4 saturated carbocycles. The topological polar surface area (TPSA) is 67.9 Å². The van der Waals surface area contributed by atoms with Gasteiger partial charge in [-0.1, -0.05) is 6.07 Å². The van der Waals surface area contributed by atoms with E-state index >= 15 is 0 Å². The number of ether oxygens (including phenoxy) is 2. The summed E-state index contributed by atoms with van der Waals surface area (Å²) in [5.74, 6) is 3.69. The molecule has 1 aromatic carbocycles. The fourth-order valence-corrected chi connectivity index (χ4v) is 6.84. The molecule has 1 saturated heterocycles. The zero-order valence-corrected chi connectivity index (χ0v) is 16.0. The van der Waals surface area contributed by atoms with Crippen LogP contribution in [0.2, 0.25) is 0 Å². The number of carbonyl (C=O) groups is 2. The summed E-state index contributed by atoms with van der Waals surface area (Å²) in [5, 5.41) is 3.70. The maximum atomic E-state index is 13.1. The predicted octanol–water partition coefficient (Wildman–Crippen LogP) is 2.60. The van der Waals surface area contributed by atoms with Crippen LogP contribution in [0.5, 0.6) is 11.5 Å². The zero-order chi connectivity index (χ0) is 18.9. The Morgan fingerprint density at radius 2 is 1.68 bits per heavy atom. The molecule has 0 radical (unpaired) electrons. The largest absolute Gasteiger partial charge is 0.454 e. The Bertz CT molecular complexity index is 816. The van der Waals surface area contributed by atoms with Crippen molar-refractivity contribution in [2.75, 3.05) is 6.79 Å². The quantitative estimate of drug-likeness (QED) is 0.811. The van der Waals surface area contributed by atoms with Crippen molar-refractivity contribution in [3.63, 3.8) is 0 Å². The van der Waals surface area contributed by atoms with Gasteiger partial charge < -0.3 is 9.47 Å². The van der Waals surface area contributed by atoms with Gasteiger partial charge in [-0.25, -0.2) is 0 Å². The first-order chi connectivity index (χ1) is 13.6. The average Bonchev–Trinajstić information content (AvgIpc) is 3.20. The van der Waals surface area contributed by atoms with Gasteiger partial charge in [-0.3, -0.25) is 19.8 Å². The first-order valence-electron chi connectivity index (χ1n) is 10.6. The van der Waals surface area contributed by atoms with Gasteiger partial charge in [0.25, 0.3) is 0 Å². The molecule has 28 heavy (non-hydrogen) atoms. The predicted molar refractivity (Wildman–Crippen MR) is 101 cm³/mol. The second-order valence-electron chi connectivity index (χ2n) is 9.60. The van der Waals surface area contributed by atoms with Crippen LogP contribution in [-0.4, -0.2) is 35.1 Å². The Morgan fingerprint density at radius 1 is 1.00 bits per heavy atom. The summed E-state index contributed by atoms with van der Waals surface area (Å²) in [6.45, 7) is 0.519. The van der Waals surface area contributed by atoms with Crippen molar-refractivity contribution in [3.05, 3.63) is 23.8 Å². The van der Waals surface area contributed by atoms with Gasteiger partial charge in [0.2, 0.25) is 18.6 Å². The highest BCUT2D eigenvalue weighted by Crippen LogP contribution is 2.55. The van der Waals surface area contributed by atoms with Gasteiger partial charge in [0.1, 0.15) is 0 Å². The number of hydrogen-bond donors (Lipinski definition) is 1. The molecule has 4 bridgehead atoms. The van der Waals surface area contributed by atoms with Crippen LogP contribution in [0.15, 0.2) is 18.2 Å². The van der Waals surface area contributed by atoms with Crippen LogP contribution in [0.4, 0.5) is 0 Å². The fourth-order valence-electron chi connectivity index (χ4n) is 6.84. The second-order valence-corrected chi connectivity index (χ2v) is 9.60. The molecular weight excluding hydrogens is 356 g/mol. The lowest BCUT2D eigenvalue weighted by molar-refractivity contribution is -0.140. The highest BCUT2D eigenvalue weighted by molar-refractivity contribution is 6.05. The third kappa shape index (κ3) is 2.65. The SMILES string of the molecule is O=C1C[C@@H](NC23CC4CC(CC(C4)C2)C3)C(=O)N1Cc1ccc2c(c1)OCO2. The van der Waals surface area contributed by atoms with E-state index in [1.54, 1.807) is 0 Å². The van der Waals surface area contributed by atoms with E-state index in [0.29, 0.717) is 18.0 Å². The maximum Gasteiger partial charge on any atom is 0.247 e. The summed E-state index contributed by atoms with van der Waals surface area (Å²) in [4.78, 5) is 27.1. The zero-order valence-electron chi connectivity index (χ0n) is 16.0. The Morgan fingerprint density at radius 3 is 2.39 bits per heavy atom. The normalized spacial score (nSPS) is 37.9. The van der Waals surface area contributed by atoms with E-state index in [9.17, 15) is 9.59 Å². The van der Waals surface area contributed by atoms with Crippen molar-refractivity contribution in [2.24, 2.45) is 17.8 Å². The molecule has 5 fully saturated rings. The maximum absolute atomic E-state index is 13.1. The van der Waals surface area contributed by atoms with Gasteiger partial charge in [0, 0.05) is 5.54 Å². The first kappa shape index (κ1) is 16.8. The van der Waals surface area contributed by atoms with Crippen LogP contribution >= 0.6 is 0 Å². The molecule has 1 aromatic rings. The first-order valence-corrected chi connectivity index (χ1v) is 10.6. The van der Waals surface area contributed by atoms with Crippen LogP contribution in [0.3, 0.4) is 0 Å². The summed E-state index contributed by atoms with van der Waals surface area (Å²) in [6, 6.07) is 5.24. The van der Waals surface area contributed by atoms with Crippen LogP contribution in [0.1, 0.15) is 50.5 Å². The van der Waals surface area contributed by atoms with E-state index in [1.807, 2.05) is 18.2 Å². The molecule has 1 N–H and O–H groups in total. The van der Waals surface area contributed by atoms with Crippen molar-refractivity contribution in [2.45, 2.75) is 63.1 Å². The minimum absolute atomic E-state index is 0.0709. The van der Waals surface area contributed by atoms with Gasteiger partial charge in [0.05, 0.1) is 19.0 Å². The lowest BCUT2D eigenvalue weighted by Crippen LogP contribution is -2.61. The van der Waals surface area contributed by atoms with Gasteiger partial charge in [-0.15, -0.1) is 0 Å². The lowest BCUT2D eigenvalue weighted by atomic mass is 9.53. The van der Waals surface area contributed by atoms with Gasteiger partial charge in [0.15, 0.2) is 11.5 Å². The van der Waals surface area contributed by atoms with Crippen molar-refractivity contribution < 1.29 is 19.1 Å². The van der Waals surface area contributed by atoms with Crippen molar-refractivity contribution in [1.29, 1.82) is 0 Å². The number of likely N-dealkylation sites (tertiary alicyclic amines) is 1. The molecule has 6 aliphatic rings. The molecule has 6 heteroatoms. The van der Waals surface area contributed by atoms with E-state index in [2.05, 4.69) is 5.32 Å². The molecule has 148 valence electrons. The van der Waals surface area contributed by atoms with E-state index in [0.717, 1.165) is 23.3 Å². The molecule has 2 heterocycles. The highest BCUT2D eigenvalue weighted by Gasteiger charge is 2.53. The molecule has 0 spiro atoms. The Kier molecular flexibility index (Phi) is 3.58. The van der Waals surface area contributed by atoms with Gasteiger partial charge in [-0.2, -0.15) is 0 Å². The summed E-state index contributed by atoms with van der Waals surface area (Å²) in [6.07, 6.45) is 7.93. The highest BCUT2D eigenvalue weighted by atomic mass is 16.7. The summed E-state index contributed by atoms with van der Waals surface area (Å²) < 4.78 is 10.8. The number of rotatable bonds is 4. The summed E-state index contributed by atoms with van der Waals surface area (Å²) in [5.41, 5.74) is 0.978. The van der Waals surface area contributed by atoms with E-state index in [1.165, 1.54) is 43.4 Å². The second kappa shape index (κ2) is 5.96. The molecule has 6 nitrogen and oxygen atoms in total. The van der Waals surface area contributed by atoms with E-state index in [4.69, 9.17) is 9.47 Å². The lowest BCUT2D eigenvalue weighted by Gasteiger charge is -2.57. The van der Waals surface area contributed by atoms with Crippen LogP contribution < -0.4 is 14.8 Å².